The molecular weight excluding hydrogens is 246 g/mol. The van der Waals surface area contributed by atoms with Crippen molar-refractivity contribution in [2.75, 3.05) is 20.1 Å². The van der Waals surface area contributed by atoms with Crippen LogP contribution < -0.4 is 11.1 Å². The van der Waals surface area contributed by atoms with Crippen molar-refractivity contribution in [3.8, 4) is 0 Å². The molecule has 0 radical (unpaired) electrons. The minimum atomic E-state index is 0.111. The lowest BCUT2D eigenvalue weighted by atomic mass is 9.95. The Morgan fingerprint density at radius 3 is 2.61 bits per heavy atom. The van der Waals surface area contributed by atoms with Gasteiger partial charge in [0.2, 0.25) is 5.91 Å². The van der Waals surface area contributed by atoms with Crippen LogP contribution in [-0.4, -0.2) is 42.0 Å². The third-order valence-electron chi connectivity index (χ3n) is 3.46. The van der Waals surface area contributed by atoms with Crippen LogP contribution >= 0.6 is 12.2 Å². The molecule has 0 aliphatic heterocycles. The summed E-state index contributed by atoms with van der Waals surface area (Å²) in [6.45, 7) is 3.13. The quantitative estimate of drug-likeness (QED) is 0.715. The van der Waals surface area contributed by atoms with Gasteiger partial charge in [-0.05, 0) is 19.9 Å². The number of nitrogens with one attached hydrogen (secondary N) is 1. The first-order chi connectivity index (χ1) is 8.49. The highest BCUT2D eigenvalue weighted by atomic mass is 32.1. The van der Waals surface area contributed by atoms with E-state index in [1.165, 1.54) is 19.3 Å². The van der Waals surface area contributed by atoms with Crippen LogP contribution in [0.5, 0.6) is 0 Å². The van der Waals surface area contributed by atoms with Crippen LogP contribution in [-0.2, 0) is 4.79 Å². The molecule has 1 saturated carbocycles. The van der Waals surface area contributed by atoms with Crippen LogP contribution in [0.2, 0.25) is 0 Å². The second kappa shape index (κ2) is 7.69. The molecule has 5 heteroatoms. The number of amides is 1. The molecule has 0 aromatic rings. The Hall–Kier alpha value is -0.680. The average Bonchev–Trinajstić information content (AvgIpc) is 2.29. The Morgan fingerprint density at radius 2 is 2.06 bits per heavy atom. The Morgan fingerprint density at radius 1 is 1.44 bits per heavy atom. The second-order valence-electron chi connectivity index (χ2n) is 5.40. The van der Waals surface area contributed by atoms with Crippen LogP contribution in [0.3, 0.4) is 0 Å². The summed E-state index contributed by atoms with van der Waals surface area (Å²) in [4.78, 5) is 14.3. The van der Waals surface area contributed by atoms with Crippen molar-refractivity contribution in [2.24, 2.45) is 11.7 Å². The van der Waals surface area contributed by atoms with Gasteiger partial charge in [-0.15, -0.1) is 0 Å². The lowest BCUT2D eigenvalue weighted by molar-refractivity contribution is -0.122. The molecular formula is C13H25N3OS. The zero-order chi connectivity index (χ0) is 13.5. The predicted octanol–water partition coefficient (Wildman–Crippen LogP) is 1.29. The lowest BCUT2D eigenvalue weighted by Gasteiger charge is -2.25. The molecule has 1 fully saturated rings. The van der Waals surface area contributed by atoms with E-state index in [-0.39, 0.29) is 11.8 Å². The maximum absolute atomic E-state index is 11.9. The number of rotatable bonds is 6. The van der Waals surface area contributed by atoms with Gasteiger partial charge in [0.05, 0.1) is 11.5 Å². The van der Waals surface area contributed by atoms with E-state index in [9.17, 15) is 4.79 Å². The summed E-state index contributed by atoms with van der Waals surface area (Å²) in [7, 11) is 1.93. The summed E-state index contributed by atoms with van der Waals surface area (Å²) in [6.07, 6.45) is 6.02. The summed E-state index contributed by atoms with van der Waals surface area (Å²) in [6, 6.07) is 0.382. The molecule has 3 N–H and O–H groups in total. The minimum Gasteiger partial charge on any atom is -0.393 e. The highest BCUT2D eigenvalue weighted by molar-refractivity contribution is 7.80. The molecule has 0 aromatic carbocycles. The molecule has 0 aromatic heterocycles. The van der Waals surface area contributed by atoms with Gasteiger partial charge in [0.1, 0.15) is 0 Å². The van der Waals surface area contributed by atoms with Crippen molar-refractivity contribution < 1.29 is 4.79 Å². The van der Waals surface area contributed by atoms with Crippen LogP contribution in [0.1, 0.15) is 39.0 Å². The minimum absolute atomic E-state index is 0.111. The lowest BCUT2D eigenvalue weighted by Crippen LogP contribution is -2.43. The molecule has 1 rings (SSSR count). The van der Waals surface area contributed by atoms with Gasteiger partial charge in [-0.25, -0.2) is 0 Å². The monoisotopic (exact) mass is 271 g/mol. The van der Waals surface area contributed by atoms with Gasteiger partial charge in [-0.2, -0.15) is 0 Å². The number of carbonyl (C=O) groups is 1. The zero-order valence-electron chi connectivity index (χ0n) is 11.4. The van der Waals surface area contributed by atoms with Gasteiger partial charge < -0.3 is 11.1 Å². The molecule has 1 atom stereocenters. The molecule has 18 heavy (non-hydrogen) atoms. The van der Waals surface area contributed by atoms with Crippen LogP contribution in [0.4, 0.5) is 0 Å². The van der Waals surface area contributed by atoms with Gasteiger partial charge in [0.25, 0.3) is 0 Å². The smallest absolute Gasteiger partial charge is 0.234 e. The molecule has 1 aliphatic carbocycles. The van der Waals surface area contributed by atoms with E-state index >= 15 is 0 Å². The maximum Gasteiger partial charge on any atom is 0.234 e. The highest BCUT2D eigenvalue weighted by Gasteiger charge is 2.17. The Bertz CT molecular complexity index is 290. The molecule has 104 valence electrons. The molecule has 0 saturated heterocycles. The van der Waals surface area contributed by atoms with E-state index in [1.807, 2.05) is 18.9 Å². The first-order valence-electron chi connectivity index (χ1n) is 6.76. The number of carbonyl (C=O) groups excluding carboxylic acids is 1. The van der Waals surface area contributed by atoms with E-state index in [4.69, 9.17) is 18.0 Å². The fourth-order valence-corrected chi connectivity index (χ4v) is 2.46. The molecule has 1 amide bonds. The Balaban J connectivity index is 2.24. The van der Waals surface area contributed by atoms with Crippen molar-refractivity contribution in [1.82, 2.24) is 10.2 Å². The third-order valence-corrected chi connectivity index (χ3v) is 3.86. The summed E-state index contributed by atoms with van der Waals surface area (Å²) >= 11 is 4.93. The Kier molecular flexibility index (Phi) is 6.57. The third kappa shape index (κ3) is 5.78. The first-order valence-corrected chi connectivity index (χ1v) is 7.17. The summed E-state index contributed by atoms with van der Waals surface area (Å²) in [5.74, 6) is 0.257. The van der Waals surface area contributed by atoms with Crippen LogP contribution in [0.25, 0.3) is 0 Å². The second-order valence-corrected chi connectivity index (χ2v) is 5.87. The van der Waals surface area contributed by atoms with Crippen LogP contribution in [0.15, 0.2) is 0 Å². The number of thiocarbonyl (C=S) groups is 1. The van der Waals surface area contributed by atoms with Crippen molar-refractivity contribution in [2.45, 2.75) is 45.1 Å². The zero-order valence-corrected chi connectivity index (χ0v) is 12.3. The molecule has 0 bridgehead atoms. The van der Waals surface area contributed by atoms with Gasteiger partial charge >= 0.3 is 0 Å². The number of hydrogen-bond donors (Lipinski definition) is 2. The van der Waals surface area contributed by atoms with Crippen molar-refractivity contribution in [3.05, 3.63) is 0 Å². The number of nitrogens with zero attached hydrogens (tertiary/aromatic N) is 1. The molecule has 4 nitrogen and oxygen atoms in total. The van der Waals surface area contributed by atoms with Crippen molar-refractivity contribution in [1.29, 1.82) is 0 Å². The molecule has 0 spiro atoms. The topological polar surface area (TPSA) is 58.4 Å². The maximum atomic E-state index is 11.9. The number of hydrogen-bond acceptors (Lipinski definition) is 3. The van der Waals surface area contributed by atoms with E-state index in [2.05, 4.69) is 5.32 Å². The summed E-state index contributed by atoms with van der Waals surface area (Å²) in [5.41, 5.74) is 5.57. The van der Waals surface area contributed by atoms with Gasteiger partial charge in [0.15, 0.2) is 0 Å². The van der Waals surface area contributed by atoms with Gasteiger partial charge in [-0.3, -0.25) is 9.69 Å². The summed E-state index contributed by atoms with van der Waals surface area (Å²) in [5, 5.41) is 3.11. The summed E-state index contributed by atoms with van der Waals surface area (Å²) < 4.78 is 0. The van der Waals surface area contributed by atoms with Gasteiger partial charge in [-0.1, -0.05) is 38.4 Å². The largest absolute Gasteiger partial charge is 0.393 e. The standard InChI is InChI=1S/C13H25N3OS/c1-10(13(14)18)8-16(2)9-12(17)15-11-6-4-3-5-7-11/h10-11H,3-9H2,1-2H3,(H2,14,18)(H,15,17). The van der Waals surface area contributed by atoms with Crippen LogP contribution in [0, 0.1) is 5.92 Å². The van der Waals surface area contributed by atoms with E-state index in [0.29, 0.717) is 17.6 Å². The van der Waals surface area contributed by atoms with Crippen molar-refractivity contribution >= 4 is 23.1 Å². The molecule has 0 heterocycles. The predicted molar refractivity (Wildman–Crippen MR) is 78.5 cm³/mol. The average molecular weight is 271 g/mol. The fourth-order valence-electron chi connectivity index (χ4n) is 2.39. The fraction of sp³-hybridized carbons (Fsp3) is 0.846. The first kappa shape index (κ1) is 15.4. The Labute approximate surface area is 115 Å². The van der Waals surface area contributed by atoms with E-state index in [1.54, 1.807) is 0 Å². The van der Waals surface area contributed by atoms with Gasteiger partial charge in [0, 0.05) is 18.5 Å². The normalized spacial score (nSPS) is 18.6. The molecule has 1 aliphatic rings. The SMILES string of the molecule is CC(CN(C)CC(=O)NC1CCCCC1)C(N)=S. The van der Waals surface area contributed by atoms with E-state index < -0.39 is 0 Å². The van der Waals surface area contributed by atoms with E-state index in [0.717, 1.165) is 19.4 Å². The highest BCUT2D eigenvalue weighted by Crippen LogP contribution is 2.17. The van der Waals surface area contributed by atoms with Crippen molar-refractivity contribution in [3.63, 3.8) is 0 Å². The molecule has 1 unspecified atom stereocenters. The number of likely N-dealkylation sites (N-methyl/N-ethyl adjacent to an activating group) is 1. The number of nitrogens with two attached hydrogens (primary N) is 1.